The fourth-order valence-corrected chi connectivity index (χ4v) is 2.39. The molecule has 0 saturated carbocycles. The second kappa shape index (κ2) is 6.88. The van der Waals surface area contributed by atoms with Crippen LogP contribution in [-0.4, -0.2) is 16.1 Å². The van der Waals surface area contributed by atoms with Gasteiger partial charge < -0.3 is 10.4 Å². The largest absolute Gasteiger partial charge is 0.478 e. The minimum absolute atomic E-state index is 0.132. The van der Waals surface area contributed by atoms with Crippen LogP contribution in [0.5, 0.6) is 0 Å². The minimum Gasteiger partial charge on any atom is -0.478 e. The number of carboxylic acids is 1. The van der Waals surface area contributed by atoms with E-state index in [1.54, 1.807) is 6.07 Å². The molecule has 0 unspecified atom stereocenters. The van der Waals surface area contributed by atoms with E-state index in [0.29, 0.717) is 5.82 Å². The average molecular weight is 284 g/mol. The number of aromatic carboxylic acids is 1. The summed E-state index contributed by atoms with van der Waals surface area (Å²) < 4.78 is 0. The molecule has 0 spiro atoms. The molecule has 0 radical (unpaired) electrons. The second-order valence-electron chi connectivity index (χ2n) is 5.08. The van der Waals surface area contributed by atoms with E-state index in [1.165, 1.54) is 23.4 Å². The number of anilines is 1. The van der Waals surface area contributed by atoms with Crippen molar-refractivity contribution < 1.29 is 9.90 Å². The van der Waals surface area contributed by atoms with E-state index in [1.807, 2.05) is 12.1 Å². The number of nitrogens with one attached hydrogen (secondary N) is 1. The Hall–Kier alpha value is -2.36. The van der Waals surface area contributed by atoms with Crippen molar-refractivity contribution in [2.24, 2.45) is 0 Å². The normalized spacial score (nSPS) is 11.9. The molecule has 1 atom stereocenters. The fraction of sp³-hybridized carbons (Fsp3) is 0.294. The molecule has 0 amide bonds. The molecular weight excluding hydrogens is 264 g/mol. The predicted molar refractivity (Wildman–Crippen MR) is 83.6 cm³/mol. The zero-order valence-corrected chi connectivity index (χ0v) is 12.3. The number of benzene rings is 1. The first kappa shape index (κ1) is 15.0. The van der Waals surface area contributed by atoms with Gasteiger partial charge in [-0.05, 0) is 36.6 Å². The number of aromatic nitrogens is 1. The second-order valence-corrected chi connectivity index (χ2v) is 5.08. The molecule has 1 heterocycles. The number of pyridine rings is 1. The molecular formula is C17H20N2O2. The topological polar surface area (TPSA) is 62.2 Å². The summed E-state index contributed by atoms with van der Waals surface area (Å²) in [6.07, 6.45) is 3.51. The molecule has 4 nitrogen and oxygen atoms in total. The van der Waals surface area contributed by atoms with Gasteiger partial charge in [0.05, 0.1) is 11.6 Å². The molecule has 2 N–H and O–H groups in total. The number of nitrogens with zero attached hydrogens (tertiary/aromatic N) is 1. The monoisotopic (exact) mass is 284 g/mol. The van der Waals surface area contributed by atoms with Crippen LogP contribution < -0.4 is 5.32 Å². The van der Waals surface area contributed by atoms with Crippen LogP contribution in [0.4, 0.5) is 5.82 Å². The highest BCUT2D eigenvalue weighted by Gasteiger charge is 2.14. The molecule has 0 saturated heterocycles. The summed E-state index contributed by atoms with van der Waals surface area (Å²) >= 11 is 0. The van der Waals surface area contributed by atoms with Crippen LogP contribution in [0.1, 0.15) is 47.3 Å². The van der Waals surface area contributed by atoms with Gasteiger partial charge in [-0.1, -0.05) is 37.6 Å². The number of carboxylic acid groups (broad SMARTS) is 1. The lowest BCUT2D eigenvalue weighted by Gasteiger charge is -2.21. The van der Waals surface area contributed by atoms with Gasteiger partial charge in [-0.3, -0.25) is 0 Å². The van der Waals surface area contributed by atoms with Gasteiger partial charge in [0.2, 0.25) is 0 Å². The molecule has 110 valence electrons. The molecule has 4 heteroatoms. The highest BCUT2D eigenvalue weighted by molar-refractivity contribution is 5.88. The maximum Gasteiger partial charge on any atom is 0.335 e. The summed E-state index contributed by atoms with van der Waals surface area (Å²) in [6, 6.07) is 11.4. The predicted octanol–water partition coefficient (Wildman–Crippen LogP) is 4.04. The molecule has 0 fully saturated rings. The van der Waals surface area contributed by atoms with Crippen molar-refractivity contribution in [3.05, 3.63) is 59.3 Å². The Kier molecular flexibility index (Phi) is 4.93. The SMILES string of the molecule is CCC[C@H](Nc1cc(C(=O)O)ccn1)c1ccccc1C. The Morgan fingerprint density at radius 3 is 2.76 bits per heavy atom. The molecule has 21 heavy (non-hydrogen) atoms. The number of carbonyl (C=O) groups is 1. The van der Waals surface area contributed by atoms with Crippen molar-refractivity contribution in [3.8, 4) is 0 Å². The number of aryl methyl sites for hydroxylation is 1. The summed E-state index contributed by atoms with van der Waals surface area (Å²) in [4.78, 5) is 15.3. The van der Waals surface area contributed by atoms with Crippen LogP contribution in [0.2, 0.25) is 0 Å². The zero-order valence-electron chi connectivity index (χ0n) is 12.3. The van der Waals surface area contributed by atoms with Crippen LogP contribution in [-0.2, 0) is 0 Å². The summed E-state index contributed by atoms with van der Waals surface area (Å²) in [5.41, 5.74) is 2.69. The summed E-state index contributed by atoms with van der Waals surface area (Å²) in [6.45, 7) is 4.22. The summed E-state index contributed by atoms with van der Waals surface area (Å²) in [5.74, 6) is -0.347. The molecule has 0 aliphatic heterocycles. The molecule has 2 rings (SSSR count). The van der Waals surface area contributed by atoms with Gasteiger partial charge in [-0.25, -0.2) is 9.78 Å². The van der Waals surface area contributed by atoms with E-state index in [-0.39, 0.29) is 11.6 Å². The van der Waals surface area contributed by atoms with Crippen LogP contribution in [0.25, 0.3) is 0 Å². The van der Waals surface area contributed by atoms with Crippen LogP contribution in [0, 0.1) is 6.92 Å². The van der Waals surface area contributed by atoms with Crippen molar-refractivity contribution in [2.75, 3.05) is 5.32 Å². The number of hydrogen-bond donors (Lipinski definition) is 2. The average Bonchev–Trinajstić information content (AvgIpc) is 2.48. The third-order valence-corrected chi connectivity index (χ3v) is 3.47. The molecule has 0 aliphatic rings. The minimum atomic E-state index is -0.941. The smallest absolute Gasteiger partial charge is 0.335 e. The van der Waals surface area contributed by atoms with Crippen molar-refractivity contribution >= 4 is 11.8 Å². The van der Waals surface area contributed by atoms with E-state index in [9.17, 15) is 4.79 Å². The Labute approximate surface area is 124 Å². The summed E-state index contributed by atoms with van der Waals surface area (Å²) in [5, 5.41) is 12.4. The number of rotatable bonds is 6. The van der Waals surface area contributed by atoms with Gasteiger partial charge in [0.1, 0.15) is 5.82 Å². The molecule has 1 aromatic carbocycles. The van der Waals surface area contributed by atoms with Crippen molar-refractivity contribution in [3.63, 3.8) is 0 Å². The van der Waals surface area contributed by atoms with Gasteiger partial charge in [0.25, 0.3) is 0 Å². The first-order valence-electron chi connectivity index (χ1n) is 7.13. The first-order valence-corrected chi connectivity index (χ1v) is 7.13. The number of hydrogen-bond acceptors (Lipinski definition) is 3. The Morgan fingerprint density at radius 1 is 1.33 bits per heavy atom. The Morgan fingerprint density at radius 2 is 2.10 bits per heavy atom. The summed E-state index contributed by atoms with van der Waals surface area (Å²) in [7, 11) is 0. The van der Waals surface area contributed by atoms with E-state index >= 15 is 0 Å². The van der Waals surface area contributed by atoms with Gasteiger partial charge >= 0.3 is 5.97 Å². The van der Waals surface area contributed by atoms with E-state index in [2.05, 4.69) is 36.3 Å². The van der Waals surface area contributed by atoms with Gasteiger partial charge in [-0.2, -0.15) is 0 Å². The van der Waals surface area contributed by atoms with Crippen LogP contribution >= 0.6 is 0 Å². The lowest BCUT2D eigenvalue weighted by molar-refractivity contribution is 0.0697. The Bertz CT molecular complexity index is 626. The van der Waals surface area contributed by atoms with Crippen LogP contribution in [0.3, 0.4) is 0 Å². The third-order valence-electron chi connectivity index (χ3n) is 3.47. The Balaban J connectivity index is 2.26. The lowest BCUT2D eigenvalue weighted by Crippen LogP contribution is -2.13. The van der Waals surface area contributed by atoms with E-state index < -0.39 is 5.97 Å². The fourth-order valence-electron chi connectivity index (χ4n) is 2.39. The first-order chi connectivity index (χ1) is 10.1. The highest BCUT2D eigenvalue weighted by atomic mass is 16.4. The van der Waals surface area contributed by atoms with Gasteiger partial charge in [-0.15, -0.1) is 0 Å². The maximum atomic E-state index is 11.0. The zero-order chi connectivity index (χ0) is 15.2. The quantitative estimate of drug-likeness (QED) is 0.840. The molecule has 0 bridgehead atoms. The van der Waals surface area contributed by atoms with Gasteiger partial charge in [0.15, 0.2) is 0 Å². The maximum absolute atomic E-state index is 11.0. The van der Waals surface area contributed by atoms with Crippen molar-refractivity contribution in [1.82, 2.24) is 4.98 Å². The van der Waals surface area contributed by atoms with Crippen molar-refractivity contribution in [1.29, 1.82) is 0 Å². The van der Waals surface area contributed by atoms with Gasteiger partial charge in [0, 0.05) is 6.20 Å². The molecule has 2 aromatic rings. The van der Waals surface area contributed by atoms with Crippen molar-refractivity contribution in [2.45, 2.75) is 32.7 Å². The lowest BCUT2D eigenvalue weighted by atomic mass is 9.98. The molecule has 1 aromatic heterocycles. The third kappa shape index (κ3) is 3.81. The standard InChI is InChI=1S/C17H20N2O2/c1-3-6-15(14-8-5-4-7-12(14)2)19-16-11-13(17(20)21)9-10-18-16/h4-5,7-11,15H,3,6H2,1-2H3,(H,18,19)(H,20,21)/t15-/m0/s1. The molecule has 0 aliphatic carbocycles. The van der Waals surface area contributed by atoms with E-state index in [0.717, 1.165) is 12.8 Å². The van der Waals surface area contributed by atoms with E-state index in [4.69, 9.17) is 5.11 Å². The van der Waals surface area contributed by atoms with Crippen LogP contribution in [0.15, 0.2) is 42.6 Å². The highest BCUT2D eigenvalue weighted by Crippen LogP contribution is 2.25.